The molecule has 0 atom stereocenters. The number of benzene rings is 1. The summed E-state index contributed by atoms with van der Waals surface area (Å²) in [7, 11) is -0.906. The SMILES string of the molecule is Cc1ccc(S(=O)(=O)N(C)C)cc1C(=O)OCC(=O)N1CCC(C(N)=O)CC1. The highest BCUT2D eigenvalue weighted by Gasteiger charge is 2.27. The molecule has 1 aliphatic heterocycles. The number of nitrogens with zero attached hydrogens (tertiary/aromatic N) is 2. The van der Waals surface area contributed by atoms with Gasteiger partial charge in [0, 0.05) is 33.1 Å². The van der Waals surface area contributed by atoms with E-state index in [4.69, 9.17) is 10.5 Å². The highest BCUT2D eigenvalue weighted by atomic mass is 32.2. The first kappa shape index (κ1) is 21.8. The van der Waals surface area contributed by atoms with Crippen LogP contribution in [0.3, 0.4) is 0 Å². The normalized spacial score (nSPS) is 15.5. The van der Waals surface area contributed by atoms with Crippen LogP contribution in [0.2, 0.25) is 0 Å². The molecule has 0 aromatic heterocycles. The molecular weight excluding hydrogens is 386 g/mol. The van der Waals surface area contributed by atoms with Crippen molar-refractivity contribution in [3.8, 4) is 0 Å². The Morgan fingerprint density at radius 3 is 2.36 bits per heavy atom. The number of sulfonamides is 1. The van der Waals surface area contributed by atoms with Crippen LogP contribution in [-0.2, 0) is 24.3 Å². The molecule has 154 valence electrons. The van der Waals surface area contributed by atoms with Crippen molar-refractivity contribution in [3.63, 3.8) is 0 Å². The minimum absolute atomic E-state index is 0.0325. The smallest absolute Gasteiger partial charge is 0.338 e. The molecule has 0 bridgehead atoms. The molecule has 2 amide bonds. The van der Waals surface area contributed by atoms with Crippen molar-refractivity contribution in [2.75, 3.05) is 33.8 Å². The van der Waals surface area contributed by atoms with Crippen LogP contribution in [0.25, 0.3) is 0 Å². The van der Waals surface area contributed by atoms with Crippen molar-refractivity contribution >= 4 is 27.8 Å². The molecule has 0 unspecified atom stereocenters. The molecule has 0 aliphatic carbocycles. The molecule has 1 aliphatic rings. The Bertz CT molecular complexity index is 873. The number of piperidine rings is 1. The van der Waals surface area contributed by atoms with Crippen LogP contribution in [0.15, 0.2) is 23.1 Å². The van der Waals surface area contributed by atoms with E-state index < -0.39 is 22.6 Å². The Labute approximate surface area is 164 Å². The fourth-order valence-corrected chi connectivity index (χ4v) is 3.83. The van der Waals surface area contributed by atoms with Gasteiger partial charge in [-0.25, -0.2) is 17.5 Å². The maximum absolute atomic E-state index is 12.4. The Morgan fingerprint density at radius 1 is 1.21 bits per heavy atom. The number of likely N-dealkylation sites (tertiary alicyclic amines) is 1. The molecule has 0 radical (unpaired) electrons. The third kappa shape index (κ3) is 4.87. The third-order valence-electron chi connectivity index (χ3n) is 4.78. The molecular formula is C18H25N3O6S. The van der Waals surface area contributed by atoms with Gasteiger partial charge in [0.15, 0.2) is 6.61 Å². The lowest BCUT2D eigenvalue weighted by molar-refractivity contribution is -0.137. The highest BCUT2D eigenvalue weighted by Crippen LogP contribution is 2.20. The van der Waals surface area contributed by atoms with Crippen molar-refractivity contribution in [1.29, 1.82) is 0 Å². The Balaban J connectivity index is 2.02. The monoisotopic (exact) mass is 411 g/mol. The Morgan fingerprint density at radius 2 is 1.82 bits per heavy atom. The van der Waals surface area contributed by atoms with Crippen molar-refractivity contribution in [3.05, 3.63) is 29.3 Å². The first-order valence-electron chi connectivity index (χ1n) is 8.81. The lowest BCUT2D eigenvalue weighted by Gasteiger charge is -2.30. The number of amides is 2. The summed E-state index contributed by atoms with van der Waals surface area (Å²) < 4.78 is 30.6. The number of primary amides is 1. The van der Waals surface area contributed by atoms with Crippen LogP contribution in [0.5, 0.6) is 0 Å². The molecule has 10 heteroatoms. The molecule has 1 aromatic carbocycles. The largest absolute Gasteiger partial charge is 0.452 e. The van der Waals surface area contributed by atoms with Gasteiger partial charge in [-0.2, -0.15) is 0 Å². The Hall–Kier alpha value is -2.46. The van der Waals surface area contributed by atoms with Gasteiger partial charge in [0.2, 0.25) is 15.9 Å². The summed E-state index contributed by atoms with van der Waals surface area (Å²) in [5.74, 6) is -1.75. The van der Waals surface area contributed by atoms with E-state index in [9.17, 15) is 22.8 Å². The lowest BCUT2D eigenvalue weighted by Crippen LogP contribution is -2.43. The second-order valence-electron chi connectivity index (χ2n) is 6.90. The standard InChI is InChI=1S/C18H25N3O6S/c1-12-4-5-14(28(25,26)20(2)3)10-15(12)18(24)27-11-16(22)21-8-6-13(7-9-21)17(19)23/h4-5,10,13H,6-9,11H2,1-3H3,(H2,19,23). The van der Waals surface area contributed by atoms with Gasteiger partial charge in [-0.1, -0.05) is 6.07 Å². The van der Waals surface area contributed by atoms with E-state index in [1.54, 1.807) is 6.92 Å². The van der Waals surface area contributed by atoms with E-state index in [0.717, 1.165) is 4.31 Å². The van der Waals surface area contributed by atoms with Gasteiger partial charge in [0.25, 0.3) is 5.91 Å². The van der Waals surface area contributed by atoms with E-state index in [1.807, 2.05) is 0 Å². The van der Waals surface area contributed by atoms with Crippen molar-refractivity contribution in [1.82, 2.24) is 9.21 Å². The number of esters is 1. The van der Waals surface area contributed by atoms with E-state index >= 15 is 0 Å². The Kier molecular flexibility index (Phi) is 6.78. The average molecular weight is 411 g/mol. The quantitative estimate of drug-likeness (QED) is 0.663. The number of ether oxygens (including phenoxy) is 1. The maximum Gasteiger partial charge on any atom is 0.338 e. The molecule has 0 saturated carbocycles. The second-order valence-corrected chi connectivity index (χ2v) is 9.05. The molecule has 1 saturated heterocycles. The summed E-state index contributed by atoms with van der Waals surface area (Å²) >= 11 is 0. The summed E-state index contributed by atoms with van der Waals surface area (Å²) in [4.78, 5) is 37.3. The molecule has 28 heavy (non-hydrogen) atoms. The van der Waals surface area contributed by atoms with Gasteiger partial charge in [0.05, 0.1) is 10.5 Å². The van der Waals surface area contributed by atoms with E-state index in [2.05, 4.69) is 0 Å². The minimum atomic E-state index is -3.70. The first-order chi connectivity index (χ1) is 13.0. The average Bonchev–Trinajstić information content (AvgIpc) is 2.65. The zero-order valence-electron chi connectivity index (χ0n) is 16.2. The van der Waals surface area contributed by atoms with Gasteiger partial charge in [-0.3, -0.25) is 9.59 Å². The number of nitrogens with two attached hydrogens (primary N) is 1. The topological polar surface area (TPSA) is 127 Å². The number of hydrogen-bond donors (Lipinski definition) is 1. The summed E-state index contributed by atoms with van der Waals surface area (Å²) in [5.41, 5.74) is 5.90. The number of rotatable bonds is 6. The summed E-state index contributed by atoms with van der Waals surface area (Å²) in [6.07, 6.45) is 0.969. The predicted octanol–water partition coefficient (Wildman–Crippen LogP) is 0.126. The fourth-order valence-electron chi connectivity index (χ4n) is 2.90. The van der Waals surface area contributed by atoms with E-state index in [0.29, 0.717) is 31.5 Å². The van der Waals surface area contributed by atoms with Crippen molar-refractivity contribution in [2.24, 2.45) is 11.7 Å². The van der Waals surface area contributed by atoms with Gasteiger partial charge >= 0.3 is 5.97 Å². The molecule has 1 fully saturated rings. The third-order valence-corrected chi connectivity index (χ3v) is 6.60. The predicted molar refractivity (Wildman–Crippen MR) is 101 cm³/mol. The van der Waals surface area contributed by atoms with Crippen LogP contribution >= 0.6 is 0 Å². The molecule has 0 spiro atoms. The van der Waals surface area contributed by atoms with E-state index in [-0.39, 0.29) is 28.2 Å². The van der Waals surface area contributed by atoms with Crippen LogP contribution in [-0.4, -0.2) is 69.2 Å². The summed E-state index contributed by atoms with van der Waals surface area (Å²) in [5, 5.41) is 0. The second kappa shape index (κ2) is 8.70. The van der Waals surface area contributed by atoms with Crippen LogP contribution in [0.1, 0.15) is 28.8 Å². The molecule has 2 N–H and O–H groups in total. The number of carbonyl (C=O) groups is 3. The summed E-state index contributed by atoms with van der Waals surface area (Å²) in [6, 6.07) is 4.18. The van der Waals surface area contributed by atoms with E-state index in [1.165, 1.54) is 37.2 Å². The number of aryl methyl sites for hydroxylation is 1. The molecule has 1 heterocycles. The molecule has 2 rings (SSSR count). The van der Waals surface area contributed by atoms with Crippen LogP contribution in [0, 0.1) is 12.8 Å². The first-order valence-corrected chi connectivity index (χ1v) is 10.3. The van der Waals surface area contributed by atoms with Crippen LogP contribution < -0.4 is 5.73 Å². The fraction of sp³-hybridized carbons (Fsp3) is 0.500. The van der Waals surface area contributed by atoms with Gasteiger partial charge in [0.1, 0.15) is 0 Å². The minimum Gasteiger partial charge on any atom is -0.452 e. The van der Waals surface area contributed by atoms with Crippen molar-refractivity contribution in [2.45, 2.75) is 24.7 Å². The molecule has 1 aromatic rings. The van der Waals surface area contributed by atoms with Gasteiger partial charge in [-0.15, -0.1) is 0 Å². The van der Waals surface area contributed by atoms with Gasteiger partial charge in [-0.05, 0) is 37.5 Å². The van der Waals surface area contributed by atoms with Crippen LogP contribution in [0.4, 0.5) is 0 Å². The molecule has 9 nitrogen and oxygen atoms in total. The zero-order valence-corrected chi connectivity index (χ0v) is 17.0. The van der Waals surface area contributed by atoms with Gasteiger partial charge < -0.3 is 15.4 Å². The number of hydrogen-bond acceptors (Lipinski definition) is 6. The maximum atomic E-state index is 12.4. The highest BCUT2D eigenvalue weighted by molar-refractivity contribution is 7.89. The zero-order chi connectivity index (χ0) is 21.1. The summed E-state index contributed by atoms with van der Waals surface area (Å²) in [6.45, 7) is 1.95. The van der Waals surface area contributed by atoms with Crippen molar-refractivity contribution < 1.29 is 27.5 Å². The number of carbonyl (C=O) groups excluding carboxylic acids is 3. The lowest BCUT2D eigenvalue weighted by atomic mass is 9.96.